The Bertz CT molecular complexity index is 1210. The lowest BCUT2D eigenvalue weighted by atomic mass is 9.84. The van der Waals surface area contributed by atoms with Crippen LogP contribution < -0.4 is 15.3 Å². The first-order valence-corrected chi connectivity index (χ1v) is 11.1. The molecule has 0 amide bonds. The number of ether oxygens (including phenoxy) is 1. The first-order chi connectivity index (χ1) is 15.2. The minimum Gasteiger partial charge on any atom is -0.472 e. The lowest BCUT2D eigenvalue weighted by Gasteiger charge is -2.20. The van der Waals surface area contributed by atoms with Crippen LogP contribution in [0.25, 0.3) is 23.4 Å². The van der Waals surface area contributed by atoms with Crippen LogP contribution in [0.1, 0.15) is 55.6 Å². The molecule has 1 aromatic carbocycles. The first kappa shape index (κ1) is 19.7. The molecule has 5 rings (SSSR count). The standard InChI is InChI=1S/C26H27N3O2/c1-29-16-23(19-10-13-22(30)14-11-19)26(28-29)31-17-18-6-8-21(9-7-18)25-15-12-20-4-2-3-5-24(20)27-25/h4-9,12,15-16,19H,2-3,10-11,13-14,17H2,1H3. The molecule has 2 aliphatic carbocycles. The molecule has 2 aromatic heterocycles. The van der Waals surface area contributed by atoms with Crippen LogP contribution in [0.4, 0.5) is 0 Å². The molecule has 3 aromatic rings. The normalized spacial score (nSPS) is 16.4. The zero-order chi connectivity index (χ0) is 21.2. The Morgan fingerprint density at radius 2 is 1.81 bits per heavy atom. The third-order valence-corrected chi connectivity index (χ3v) is 6.26. The largest absolute Gasteiger partial charge is 0.472 e. The monoisotopic (exact) mass is 413 g/mol. The zero-order valence-corrected chi connectivity index (χ0v) is 17.9. The van der Waals surface area contributed by atoms with Crippen LogP contribution in [-0.2, 0) is 18.4 Å². The first-order valence-electron chi connectivity index (χ1n) is 11.1. The van der Waals surface area contributed by atoms with Crippen molar-refractivity contribution in [2.24, 2.45) is 7.05 Å². The number of fused-ring (bicyclic) bond motifs is 1. The van der Waals surface area contributed by atoms with Gasteiger partial charge in [0, 0.05) is 37.2 Å². The van der Waals surface area contributed by atoms with E-state index in [-0.39, 0.29) is 0 Å². The Labute approximate surface area is 182 Å². The van der Waals surface area contributed by atoms with E-state index < -0.39 is 0 Å². The van der Waals surface area contributed by atoms with Gasteiger partial charge in [-0.1, -0.05) is 42.5 Å². The second-order valence-corrected chi connectivity index (χ2v) is 8.52. The van der Waals surface area contributed by atoms with Gasteiger partial charge in [0.15, 0.2) is 0 Å². The molecule has 0 N–H and O–H groups in total. The summed E-state index contributed by atoms with van der Waals surface area (Å²) in [5.74, 6) is 1.41. The number of carbonyl (C=O) groups is 1. The molecule has 1 fully saturated rings. The van der Waals surface area contributed by atoms with Gasteiger partial charge in [-0.3, -0.25) is 9.48 Å². The van der Waals surface area contributed by atoms with Gasteiger partial charge >= 0.3 is 0 Å². The van der Waals surface area contributed by atoms with E-state index in [2.05, 4.69) is 53.6 Å². The number of aryl methyl sites for hydroxylation is 1. The number of ketones is 1. The SMILES string of the molecule is Cn1cc(C2CCC(=O)CC2)c(OCc2ccc(-c3ccc4c(n3)=CCCC=4)cc2)n1. The van der Waals surface area contributed by atoms with Crippen molar-refractivity contribution < 1.29 is 9.53 Å². The van der Waals surface area contributed by atoms with Gasteiger partial charge in [0.1, 0.15) is 12.4 Å². The molecule has 158 valence electrons. The fourth-order valence-electron chi connectivity index (χ4n) is 4.49. The molecular weight excluding hydrogens is 386 g/mol. The number of nitrogens with zero attached hydrogens (tertiary/aromatic N) is 3. The van der Waals surface area contributed by atoms with Crippen LogP contribution in [0.5, 0.6) is 5.88 Å². The van der Waals surface area contributed by atoms with Crippen molar-refractivity contribution in [3.05, 3.63) is 64.3 Å². The van der Waals surface area contributed by atoms with Crippen LogP contribution in [0.15, 0.2) is 42.6 Å². The molecule has 0 unspecified atom stereocenters. The van der Waals surface area contributed by atoms with Gasteiger partial charge in [0.05, 0.1) is 11.0 Å². The number of pyridine rings is 1. The van der Waals surface area contributed by atoms with Crippen molar-refractivity contribution in [1.29, 1.82) is 0 Å². The summed E-state index contributed by atoms with van der Waals surface area (Å²) in [5.41, 5.74) is 4.32. The number of Topliss-reactive ketones (excluding diaryl/α,β-unsaturated/α-hetero) is 1. The van der Waals surface area contributed by atoms with Crippen LogP contribution in [0.2, 0.25) is 0 Å². The number of benzene rings is 1. The fraction of sp³-hybridized carbons (Fsp3) is 0.346. The van der Waals surface area contributed by atoms with Crippen molar-refractivity contribution in [2.45, 2.75) is 51.0 Å². The molecule has 0 saturated heterocycles. The van der Waals surface area contributed by atoms with Gasteiger partial charge in [-0.15, -0.1) is 5.10 Å². The van der Waals surface area contributed by atoms with Crippen molar-refractivity contribution in [3.63, 3.8) is 0 Å². The van der Waals surface area contributed by atoms with E-state index in [1.54, 1.807) is 4.68 Å². The summed E-state index contributed by atoms with van der Waals surface area (Å²) < 4.78 is 7.91. The molecule has 0 spiro atoms. The average molecular weight is 414 g/mol. The van der Waals surface area contributed by atoms with Crippen molar-refractivity contribution in [3.8, 4) is 17.1 Å². The average Bonchev–Trinajstić information content (AvgIpc) is 3.18. The van der Waals surface area contributed by atoms with Crippen LogP contribution >= 0.6 is 0 Å². The number of hydrogen-bond acceptors (Lipinski definition) is 4. The molecule has 0 bridgehead atoms. The second-order valence-electron chi connectivity index (χ2n) is 8.52. The molecule has 0 aliphatic heterocycles. The third kappa shape index (κ3) is 4.31. The minimum atomic E-state index is 0.355. The van der Waals surface area contributed by atoms with Crippen molar-refractivity contribution in [2.75, 3.05) is 0 Å². The highest BCUT2D eigenvalue weighted by molar-refractivity contribution is 5.79. The van der Waals surface area contributed by atoms with Gasteiger partial charge in [0.25, 0.3) is 0 Å². The van der Waals surface area contributed by atoms with E-state index in [0.717, 1.165) is 53.4 Å². The molecule has 5 nitrogen and oxygen atoms in total. The summed E-state index contributed by atoms with van der Waals surface area (Å²) in [5, 5.41) is 6.84. The number of aromatic nitrogens is 3. The highest BCUT2D eigenvalue weighted by atomic mass is 16.5. The predicted molar refractivity (Wildman–Crippen MR) is 121 cm³/mol. The summed E-state index contributed by atoms with van der Waals surface area (Å²) in [6.45, 7) is 0.469. The Balaban J connectivity index is 1.29. The summed E-state index contributed by atoms with van der Waals surface area (Å²) in [7, 11) is 1.92. The van der Waals surface area contributed by atoms with E-state index in [4.69, 9.17) is 9.72 Å². The Morgan fingerprint density at radius 1 is 1.03 bits per heavy atom. The third-order valence-electron chi connectivity index (χ3n) is 6.26. The second kappa shape index (κ2) is 8.50. The van der Waals surface area contributed by atoms with Crippen LogP contribution in [-0.4, -0.2) is 20.5 Å². The zero-order valence-electron chi connectivity index (χ0n) is 17.9. The summed E-state index contributed by atoms with van der Waals surface area (Å²) in [6.07, 6.45) is 11.8. The highest BCUT2D eigenvalue weighted by Crippen LogP contribution is 2.36. The van der Waals surface area contributed by atoms with E-state index in [9.17, 15) is 4.79 Å². The molecule has 5 heteroatoms. The van der Waals surface area contributed by atoms with Gasteiger partial charge in [-0.25, -0.2) is 4.98 Å². The van der Waals surface area contributed by atoms with E-state index >= 15 is 0 Å². The molecule has 0 atom stereocenters. The summed E-state index contributed by atoms with van der Waals surface area (Å²) >= 11 is 0. The minimum absolute atomic E-state index is 0.355. The maximum atomic E-state index is 11.6. The molecule has 1 saturated carbocycles. The quantitative estimate of drug-likeness (QED) is 0.641. The molecule has 2 heterocycles. The number of hydrogen-bond donors (Lipinski definition) is 0. The van der Waals surface area contributed by atoms with Crippen LogP contribution in [0, 0.1) is 0 Å². The fourth-order valence-corrected chi connectivity index (χ4v) is 4.49. The molecule has 0 radical (unpaired) electrons. The molecule has 2 aliphatic rings. The van der Waals surface area contributed by atoms with Gasteiger partial charge in [-0.2, -0.15) is 0 Å². The lowest BCUT2D eigenvalue weighted by Crippen LogP contribution is -2.29. The van der Waals surface area contributed by atoms with E-state index in [1.165, 1.54) is 5.22 Å². The van der Waals surface area contributed by atoms with Crippen molar-refractivity contribution in [1.82, 2.24) is 14.8 Å². The van der Waals surface area contributed by atoms with Gasteiger partial charge in [-0.05, 0) is 48.4 Å². The maximum absolute atomic E-state index is 11.6. The number of carbonyl (C=O) groups excluding carboxylic acids is 1. The van der Waals surface area contributed by atoms with Gasteiger partial charge < -0.3 is 4.74 Å². The topological polar surface area (TPSA) is 57.0 Å². The van der Waals surface area contributed by atoms with Crippen molar-refractivity contribution >= 4 is 17.9 Å². The molecular formula is C26H27N3O2. The maximum Gasteiger partial charge on any atom is 0.236 e. The highest BCUT2D eigenvalue weighted by Gasteiger charge is 2.25. The summed E-state index contributed by atoms with van der Waals surface area (Å²) in [6, 6.07) is 12.6. The molecule has 31 heavy (non-hydrogen) atoms. The summed E-state index contributed by atoms with van der Waals surface area (Å²) in [4.78, 5) is 16.4. The Hall–Kier alpha value is -3.21. The Kier molecular flexibility index (Phi) is 5.41. The number of rotatable bonds is 5. The van der Waals surface area contributed by atoms with Gasteiger partial charge in [0.2, 0.25) is 5.88 Å². The van der Waals surface area contributed by atoms with E-state index in [0.29, 0.717) is 37.0 Å². The van der Waals surface area contributed by atoms with Crippen LogP contribution in [0.3, 0.4) is 0 Å². The lowest BCUT2D eigenvalue weighted by molar-refractivity contribution is -0.120. The Morgan fingerprint density at radius 3 is 2.61 bits per heavy atom. The van der Waals surface area contributed by atoms with E-state index in [1.807, 2.05) is 13.2 Å². The predicted octanol–water partition coefficient (Wildman–Crippen LogP) is 3.64. The smallest absolute Gasteiger partial charge is 0.236 e.